The second-order valence-electron chi connectivity index (χ2n) is 5.23. The van der Waals surface area contributed by atoms with E-state index in [0.717, 1.165) is 13.0 Å². The molecule has 1 aromatic carbocycles. The Morgan fingerprint density at radius 2 is 1.89 bits per heavy atom. The molecule has 2 nitrogen and oxygen atoms in total. The van der Waals surface area contributed by atoms with Crippen molar-refractivity contribution in [2.45, 2.75) is 38.6 Å². The SMILES string of the molecule is CCC(NCCCN1CCCC1)c1ccccc1. The highest BCUT2D eigenvalue weighted by atomic mass is 15.1. The Bertz CT molecular complexity index is 317. The molecular weight excluding hydrogens is 220 g/mol. The molecule has 2 rings (SSSR count). The third kappa shape index (κ3) is 4.11. The number of likely N-dealkylation sites (tertiary alicyclic amines) is 1. The fourth-order valence-corrected chi connectivity index (χ4v) is 2.77. The van der Waals surface area contributed by atoms with Crippen LogP contribution in [0.15, 0.2) is 30.3 Å². The summed E-state index contributed by atoms with van der Waals surface area (Å²) in [7, 11) is 0. The van der Waals surface area contributed by atoms with E-state index in [-0.39, 0.29) is 0 Å². The minimum atomic E-state index is 0.518. The summed E-state index contributed by atoms with van der Waals surface area (Å²) >= 11 is 0. The van der Waals surface area contributed by atoms with E-state index >= 15 is 0 Å². The predicted molar refractivity (Wildman–Crippen MR) is 77.8 cm³/mol. The van der Waals surface area contributed by atoms with Gasteiger partial charge in [-0.1, -0.05) is 37.3 Å². The molecule has 1 aromatic rings. The maximum absolute atomic E-state index is 3.68. The highest BCUT2D eigenvalue weighted by Crippen LogP contribution is 2.15. The quantitative estimate of drug-likeness (QED) is 0.743. The fourth-order valence-electron chi connectivity index (χ4n) is 2.77. The van der Waals surface area contributed by atoms with Crippen LogP contribution in [-0.2, 0) is 0 Å². The van der Waals surface area contributed by atoms with Crippen molar-refractivity contribution >= 4 is 0 Å². The third-order valence-corrected chi connectivity index (χ3v) is 3.85. The lowest BCUT2D eigenvalue weighted by molar-refractivity contribution is 0.327. The Labute approximate surface area is 111 Å². The number of hydrogen-bond acceptors (Lipinski definition) is 2. The summed E-state index contributed by atoms with van der Waals surface area (Å²) in [5, 5.41) is 3.68. The first-order valence-electron chi connectivity index (χ1n) is 7.41. The zero-order valence-electron chi connectivity index (χ0n) is 11.6. The molecule has 1 aliphatic rings. The molecule has 1 heterocycles. The van der Waals surface area contributed by atoms with E-state index < -0.39 is 0 Å². The van der Waals surface area contributed by atoms with E-state index in [1.54, 1.807) is 0 Å². The van der Waals surface area contributed by atoms with Crippen molar-refractivity contribution in [1.82, 2.24) is 10.2 Å². The number of benzene rings is 1. The maximum Gasteiger partial charge on any atom is 0.0317 e. The molecule has 0 aliphatic carbocycles. The van der Waals surface area contributed by atoms with E-state index in [0.29, 0.717) is 6.04 Å². The minimum Gasteiger partial charge on any atom is -0.310 e. The van der Waals surface area contributed by atoms with Crippen molar-refractivity contribution in [2.24, 2.45) is 0 Å². The molecule has 0 saturated carbocycles. The van der Waals surface area contributed by atoms with Crippen molar-refractivity contribution in [3.8, 4) is 0 Å². The van der Waals surface area contributed by atoms with Gasteiger partial charge in [-0.2, -0.15) is 0 Å². The first-order valence-corrected chi connectivity index (χ1v) is 7.41. The molecule has 18 heavy (non-hydrogen) atoms. The molecule has 1 saturated heterocycles. The Balaban J connectivity index is 1.67. The zero-order valence-corrected chi connectivity index (χ0v) is 11.6. The molecule has 0 amide bonds. The van der Waals surface area contributed by atoms with Crippen LogP contribution in [0.2, 0.25) is 0 Å². The van der Waals surface area contributed by atoms with Crippen LogP contribution in [0.25, 0.3) is 0 Å². The first kappa shape index (κ1) is 13.6. The predicted octanol–water partition coefficient (Wildman–Crippen LogP) is 3.21. The molecule has 1 aliphatic heterocycles. The normalized spacial score (nSPS) is 18.1. The van der Waals surface area contributed by atoms with Crippen LogP contribution in [0.5, 0.6) is 0 Å². The van der Waals surface area contributed by atoms with Gasteiger partial charge in [0.15, 0.2) is 0 Å². The minimum absolute atomic E-state index is 0.518. The Morgan fingerprint density at radius 3 is 2.56 bits per heavy atom. The lowest BCUT2D eigenvalue weighted by Crippen LogP contribution is -2.27. The van der Waals surface area contributed by atoms with Gasteiger partial charge in [-0.3, -0.25) is 0 Å². The van der Waals surface area contributed by atoms with Gasteiger partial charge in [0.1, 0.15) is 0 Å². The summed E-state index contributed by atoms with van der Waals surface area (Å²) in [6.45, 7) is 7.28. The molecule has 0 aromatic heterocycles. The van der Waals surface area contributed by atoms with Crippen LogP contribution >= 0.6 is 0 Å². The Kier molecular flexibility index (Phi) is 5.69. The van der Waals surface area contributed by atoms with Crippen LogP contribution in [0.4, 0.5) is 0 Å². The molecule has 2 heteroatoms. The molecule has 0 bridgehead atoms. The van der Waals surface area contributed by atoms with Gasteiger partial charge >= 0.3 is 0 Å². The Morgan fingerprint density at radius 1 is 1.17 bits per heavy atom. The molecule has 1 fully saturated rings. The van der Waals surface area contributed by atoms with E-state index in [1.165, 1.54) is 44.5 Å². The van der Waals surface area contributed by atoms with Gasteiger partial charge in [-0.05, 0) is 57.4 Å². The number of rotatable bonds is 7. The zero-order chi connectivity index (χ0) is 12.6. The average Bonchev–Trinajstić information content (AvgIpc) is 2.93. The maximum atomic E-state index is 3.68. The highest BCUT2D eigenvalue weighted by Gasteiger charge is 2.11. The summed E-state index contributed by atoms with van der Waals surface area (Å²) < 4.78 is 0. The smallest absolute Gasteiger partial charge is 0.0317 e. The van der Waals surface area contributed by atoms with E-state index in [4.69, 9.17) is 0 Å². The summed E-state index contributed by atoms with van der Waals surface area (Å²) in [4.78, 5) is 2.59. The number of hydrogen-bond donors (Lipinski definition) is 1. The van der Waals surface area contributed by atoms with E-state index in [9.17, 15) is 0 Å². The van der Waals surface area contributed by atoms with Crippen LogP contribution in [0.1, 0.15) is 44.2 Å². The molecule has 0 radical (unpaired) electrons. The monoisotopic (exact) mass is 246 g/mol. The van der Waals surface area contributed by atoms with Crippen LogP contribution in [-0.4, -0.2) is 31.1 Å². The number of nitrogens with one attached hydrogen (secondary N) is 1. The molecule has 1 atom stereocenters. The van der Waals surface area contributed by atoms with Gasteiger partial charge in [-0.25, -0.2) is 0 Å². The lowest BCUT2D eigenvalue weighted by atomic mass is 10.0. The van der Waals surface area contributed by atoms with Gasteiger partial charge in [0.2, 0.25) is 0 Å². The first-order chi connectivity index (χ1) is 8.90. The topological polar surface area (TPSA) is 15.3 Å². The summed E-state index contributed by atoms with van der Waals surface area (Å²) in [5.41, 5.74) is 1.42. The van der Waals surface area contributed by atoms with Crippen molar-refractivity contribution in [2.75, 3.05) is 26.2 Å². The second-order valence-corrected chi connectivity index (χ2v) is 5.23. The molecule has 100 valence electrons. The van der Waals surface area contributed by atoms with Crippen LogP contribution in [0, 0.1) is 0 Å². The van der Waals surface area contributed by atoms with Crippen molar-refractivity contribution in [1.29, 1.82) is 0 Å². The van der Waals surface area contributed by atoms with Crippen molar-refractivity contribution in [3.63, 3.8) is 0 Å². The second kappa shape index (κ2) is 7.55. The largest absolute Gasteiger partial charge is 0.310 e. The summed E-state index contributed by atoms with van der Waals surface area (Å²) in [5.74, 6) is 0. The van der Waals surface area contributed by atoms with Crippen LogP contribution < -0.4 is 5.32 Å². The van der Waals surface area contributed by atoms with Gasteiger partial charge in [-0.15, -0.1) is 0 Å². The highest BCUT2D eigenvalue weighted by molar-refractivity contribution is 5.18. The standard InChI is InChI=1S/C16H26N2/c1-2-16(15-9-4-3-5-10-15)17-11-8-14-18-12-6-7-13-18/h3-5,9-10,16-17H,2,6-8,11-14H2,1H3. The van der Waals surface area contributed by atoms with Gasteiger partial charge in [0.05, 0.1) is 0 Å². The van der Waals surface area contributed by atoms with Crippen molar-refractivity contribution in [3.05, 3.63) is 35.9 Å². The molecule has 0 spiro atoms. The summed E-state index contributed by atoms with van der Waals surface area (Å²) in [6.07, 6.45) is 5.22. The molecule has 1 unspecified atom stereocenters. The van der Waals surface area contributed by atoms with Gasteiger partial charge in [0.25, 0.3) is 0 Å². The van der Waals surface area contributed by atoms with Gasteiger partial charge < -0.3 is 10.2 Å². The lowest BCUT2D eigenvalue weighted by Gasteiger charge is -2.19. The van der Waals surface area contributed by atoms with Crippen molar-refractivity contribution < 1.29 is 0 Å². The summed E-state index contributed by atoms with van der Waals surface area (Å²) in [6, 6.07) is 11.3. The van der Waals surface area contributed by atoms with E-state index in [2.05, 4.69) is 47.5 Å². The third-order valence-electron chi connectivity index (χ3n) is 3.85. The molecular formula is C16H26N2. The van der Waals surface area contributed by atoms with E-state index in [1.807, 2.05) is 0 Å². The fraction of sp³-hybridized carbons (Fsp3) is 0.625. The van der Waals surface area contributed by atoms with Crippen LogP contribution in [0.3, 0.4) is 0 Å². The van der Waals surface area contributed by atoms with Gasteiger partial charge in [0, 0.05) is 6.04 Å². The number of nitrogens with zero attached hydrogens (tertiary/aromatic N) is 1. The average molecular weight is 246 g/mol. The molecule has 1 N–H and O–H groups in total. The Hall–Kier alpha value is -0.860.